The van der Waals surface area contributed by atoms with Crippen LogP contribution in [0.2, 0.25) is 0 Å². The van der Waals surface area contributed by atoms with Crippen LogP contribution in [0.3, 0.4) is 0 Å². The van der Waals surface area contributed by atoms with Gasteiger partial charge in [-0.25, -0.2) is 39.9 Å². The van der Waals surface area contributed by atoms with Crippen molar-refractivity contribution in [2.45, 2.75) is 0 Å². The van der Waals surface area contributed by atoms with E-state index in [1.165, 1.54) is 21.9 Å². The zero-order valence-electron chi connectivity index (χ0n) is 73.7. The molecule has 0 saturated carbocycles. The van der Waals surface area contributed by atoms with Gasteiger partial charge in [-0.15, -0.1) is 0 Å². The molecule has 0 aliphatic rings. The van der Waals surface area contributed by atoms with Crippen LogP contribution in [0.1, 0.15) is 0 Å². The number of fused-ring (bicyclic) bond motifs is 18. The Morgan fingerprint density at radius 2 is 0.442 bits per heavy atom. The van der Waals surface area contributed by atoms with E-state index in [4.69, 9.17) is 68.1 Å². The number of hydrogen-bond acceptors (Lipinski definition) is 14. The minimum Gasteiger partial charge on any atom is -0.438 e. The third-order valence-corrected chi connectivity index (χ3v) is 25.6. The van der Waals surface area contributed by atoms with E-state index in [2.05, 4.69) is 262 Å². The molecule has 0 N–H and O–H groups in total. The highest BCUT2D eigenvalue weighted by molar-refractivity contribution is 6.16. The Balaban J connectivity index is 0.000000107. The minimum atomic E-state index is 0.443. The van der Waals surface area contributed by atoms with E-state index in [-0.39, 0.29) is 0 Å². The highest BCUT2D eigenvalue weighted by Gasteiger charge is 2.29. The fourth-order valence-corrected chi connectivity index (χ4v) is 19.3. The third-order valence-electron chi connectivity index (χ3n) is 25.6. The van der Waals surface area contributed by atoms with Crippen LogP contribution in [-0.4, -0.2) is 68.5 Å². The van der Waals surface area contributed by atoms with Gasteiger partial charge >= 0.3 is 0 Å². The SMILES string of the molecule is c1ccc(-c2cc(-c3ccccc3)nc(-c3nc(-n4c5ccccc5c5ccccc54)nc4oc5ccccc5c34)n2)cc1.c1ccc(-c2cccc(-c3cccc(-c4nc(-c5cccc(-n6c7ccccc7c7ccccc76)c5)nc5oc6ccccc6c45)c3)c2)cc1.c1ccc(-c2nc(-c3ccccc3)nc(-c3nc(-n4c5ccccc5c5ccccc54)nc4oc5ccccc5c34)n2)cc1. The van der Waals surface area contributed by atoms with Gasteiger partial charge in [0.05, 0.1) is 66.3 Å². The summed E-state index contributed by atoms with van der Waals surface area (Å²) in [6, 6.07) is 153. The molecule has 11 aromatic heterocycles. The predicted octanol–water partition coefficient (Wildman–Crippen LogP) is 30.1. The Labute approximate surface area is 788 Å². The Kier molecular flexibility index (Phi) is 19.4. The Hall–Kier alpha value is -19.1. The fourth-order valence-electron chi connectivity index (χ4n) is 19.3. The van der Waals surface area contributed by atoms with Crippen molar-refractivity contribution in [2.75, 3.05) is 0 Å². The van der Waals surface area contributed by atoms with Crippen molar-refractivity contribution in [1.82, 2.24) is 68.5 Å². The molecule has 0 spiro atoms. The van der Waals surface area contributed by atoms with Crippen molar-refractivity contribution >= 4 is 132 Å². The largest absolute Gasteiger partial charge is 0.438 e. The Morgan fingerprint density at radius 3 is 0.855 bits per heavy atom. The number of benzene rings is 17. The molecule has 0 saturated heterocycles. The molecular weight excluding hydrogens is 1700 g/mol. The topological polar surface area (TPSA) is 196 Å². The molecule has 0 aliphatic heterocycles. The minimum absolute atomic E-state index is 0.443. The lowest BCUT2D eigenvalue weighted by atomic mass is 9.96. The maximum Gasteiger partial charge on any atom is 0.238 e. The quantitative estimate of drug-likeness (QED) is 0.106. The van der Waals surface area contributed by atoms with Crippen molar-refractivity contribution in [3.05, 3.63) is 449 Å². The van der Waals surface area contributed by atoms with Gasteiger partial charge in [-0.1, -0.05) is 364 Å². The van der Waals surface area contributed by atoms with Gasteiger partial charge in [0.25, 0.3) is 0 Å². The number of furan rings is 3. The lowest BCUT2D eigenvalue weighted by molar-refractivity contribution is 0.650. The van der Waals surface area contributed by atoms with Gasteiger partial charge in [0.2, 0.25) is 29.0 Å². The zero-order valence-corrected chi connectivity index (χ0v) is 73.7. The molecule has 0 fully saturated rings. The standard InChI is InChI=1S/C46H29N3O.C38H23N5O.C37H22N6O/c1-2-13-30(14-3-1)31-15-10-16-32(27-31)33-17-11-18-34(28-33)44-43-39-23-6-9-26-42(39)50-46(43)48-45(47-44)35-19-12-20-36(29-35)49-40-24-7-4-21-37(40)38-22-5-8-25-41(38)49;1-3-13-24(14-4-1)29-23-30(25-15-5-2-6-16-25)40-36(39-29)35-34-28-19-9-12-22-33(28)44-37(34)42-38(41-35)43-31-20-10-7-17-26(31)27-18-8-11-21-32(27)43;1-3-13-23(14-4-1)33-39-34(24-15-5-2-6-16-24)41-35(40-33)32-31-27-19-9-12-22-30(27)44-36(31)42-37(38-32)43-28-20-10-7-17-25(28)26-18-8-11-21-29(26)43/h1-29H;1-23H;1-22H. The summed E-state index contributed by atoms with van der Waals surface area (Å²) in [4.78, 5) is 56.1. The molecule has 28 aromatic rings. The molecule has 17 nitrogen and oxygen atoms in total. The van der Waals surface area contributed by atoms with Gasteiger partial charge in [-0.3, -0.25) is 9.13 Å². The second-order valence-electron chi connectivity index (χ2n) is 33.9. The van der Waals surface area contributed by atoms with Crippen LogP contribution in [0.15, 0.2) is 462 Å². The van der Waals surface area contributed by atoms with Crippen LogP contribution in [0.4, 0.5) is 0 Å². The summed E-state index contributed by atoms with van der Waals surface area (Å²) in [5.41, 5.74) is 25.2. The van der Waals surface area contributed by atoms with Crippen molar-refractivity contribution < 1.29 is 13.3 Å². The first-order chi connectivity index (χ1) is 68.4. The molecule has 0 amide bonds. The molecule has 0 aliphatic carbocycles. The maximum absolute atomic E-state index is 6.42. The highest BCUT2D eigenvalue weighted by atomic mass is 16.3. The first-order valence-electron chi connectivity index (χ1n) is 45.7. The maximum atomic E-state index is 6.42. The number of rotatable bonds is 13. The molecule has 17 aromatic carbocycles. The second-order valence-corrected chi connectivity index (χ2v) is 33.9. The van der Waals surface area contributed by atoms with E-state index in [1.54, 1.807) is 0 Å². The van der Waals surface area contributed by atoms with E-state index < -0.39 is 0 Å². The van der Waals surface area contributed by atoms with E-state index in [9.17, 15) is 0 Å². The summed E-state index contributed by atoms with van der Waals surface area (Å²) in [7, 11) is 0. The summed E-state index contributed by atoms with van der Waals surface area (Å²) < 4.78 is 25.7. The summed E-state index contributed by atoms with van der Waals surface area (Å²) in [6.45, 7) is 0. The first kappa shape index (κ1) is 79.8. The molecule has 646 valence electrons. The van der Waals surface area contributed by atoms with Crippen LogP contribution in [0.5, 0.6) is 0 Å². The molecule has 0 unspecified atom stereocenters. The van der Waals surface area contributed by atoms with Gasteiger partial charge in [0.1, 0.15) is 28.1 Å². The molecule has 0 bridgehead atoms. The molecular formula is C121H74N14O3. The number of hydrogen-bond donors (Lipinski definition) is 0. The van der Waals surface area contributed by atoms with Crippen molar-refractivity contribution in [3.63, 3.8) is 0 Å². The van der Waals surface area contributed by atoms with Crippen LogP contribution in [0, 0.1) is 0 Å². The highest BCUT2D eigenvalue weighted by Crippen LogP contribution is 2.45. The van der Waals surface area contributed by atoms with Gasteiger partial charge in [0.15, 0.2) is 29.1 Å². The van der Waals surface area contributed by atoms with Crippen LogP contribution >= 0.6 is 0 Å². The summed E-state index contributed by atoms with van der Waals surface area (Å²) in [5.74, 6) is 3.67. The number of nitrogens with zero attached hydrogens (tertiary/aromatic N) is 14. The molecule has 0 atom stereocenters. The smallest absolute Gasteiger partial charge is 0.238 e. The summed E-state index contributed by atoms with van der Waals surface area (Å²) in [5, 5.41) is 12.2. The Morgan fingerprint density at radius 1 is 0.159 bits per heavy atom. The van der Waals surface area contributed by atoms with Crippen LogP contribution in [0.25, 0.3) is 262 Å². The third kappa shape index (κ3) is 14.1. The molecule has 28 rings (SSSR count). The monoisotopic (exact) mass is 1770 g/mol. The number of aromatic nitrogens is 14. The molecule has 0 radical (unpaired) electrons. The summed E-state index contributed by atoms with van der Waals surface area (Å²) in [6.07, 6.45) is 0. The Bertz CT molecular complexity index is 9000. The van der Waals surface area contributed by atoms with E-state index in [0.29, 0.717) is 69.5 Å². The van der Waals surface area contributed by atoms with Crippen molar-refractivity contribution in [3.8, 4) is 131 Å². The average molecular weight is 1770 g/mol. The lowest BCUT2D eigenvalue weighted by Crippen LogP contribution is -2.06. The van der Waals surface area contributed by atoms with Crippen molar-refractivity contribution in [1.29, 1.82) is 0 Å². The molecule has 11 heterocycles. The zero-order chi connectivity index (χ0) is 91.1. The average Bonchev–Trinajstić information content (AvgIpc) is 1.57. The lowest BCUT2D eigenvalue weighted by Gasteiger charge is -2.12. The molecule has 138 heavy (non-hydrogen) atoms. The van der Waals surface area contributed by atoms with Crippen molar-refractivity contribution in [2.24, 2.45) is 0 Å². The van der Waals surface area contributed by atoms with Gasteiger partial charge in [-0.2, -0.15) is 15.0 Å². The molecule has 17 heteroatoms. The van der Waals surface area contributed by atoms with E-state index in [1.807, 2.05) is 200 Å². The van der Waals surface area contributed by atoms with Crippen LogP contribution in [-0.2, 0) is 0 Å². The van der Waals surface area contributed by atoms with Gasteiger partial charge < -0.3 is 17.8 Å². The second kappa shape index (κ2) is 33.6. The first-order valence-corrected chi connectivity index (χ1v) is 45.7. The van der Waals surface area contributed by atoms with Crippen LogP contribution < -0.4 is 0 Å². The van der Waals surface area contributed by atoms with Gasteiger partial charge in [-0.05, 0) is 107 Å². The normalized spacial score (nSPS) is 11.6. The van der Waals surface area contributed by atoms with Gasteiger partial charge in [0, 0.05) is 87.5 Å². The fraction of sp³-hybridized carbons (Fsp3) is 0. The predicted molar refractivity (Wildman–Crippen MR) is 554 cm³/mol. The number of para-hydroxylation sites is 9. The van der Waals surface area contributed by atoms with E-state index >= 15 is 0 Å². The summed E-state index contributed by atoms with van der Waals surface area (Å²) >= 11 is 0. The van der Waals surface area contributed by atoms with E-state index in [0.717, 1.165) is 171 Å².